The number of pyridine rings is 3. The monoisotopic (exact) mass is 521 g/mol. The molecule has 34 heavy (non-hydrogen) atoms. The molecule has 3 heterocycles. The molecule has 0 atom stereocenters. The fourth-order valence-corrected chi connectivity index (χ4v) is 3.23. The van der Waals surface area contributed by atoms with Crippen molar-refractivity contribution < 1.29 is 41.5 Å². The molecule has 0 spiro atoms. The van der Waals surface area contributed by atoms with E-state index in [0.29, 0.717) is 16.6 Å². The fraction of sp³-hybridized carbons (Fsp3) is 0. The molecule has 7 heteroatoms. The number of aromatic nitrogens is 3. The second kappa shape index (κ2) is 11.9. The van der Waals surface area contributed by atoms with Gasteiger partial charge in [0.2, 0.25) is 0 Å². The number of para-hydroxylation sites is 3. The normalized spacial score (nSPS) is 9.88. The molecule has 163 valence electrons. The van der Waals surface area contributed by atoms with E-state index in [2.05, 4.69) is 15.0 Å². The van der Waals surface area contributed by atoms with E-state index in [1.165, 1.54) is 18.2 Å². The van der Waals surface area contributed by atoms with Crippen LogP contribution in [0.15, 0.2) is 110 Å². The minimum atomic E-state index is -0.0110. The first-order valence-electron chi connectivity index (χ1n) is 10.2. The van der Waals surface area contributed by atoms with E-state index in [1.807, 2.05) is 54.6 Å². The topological polar surface area (TPSA) is 108 Å². The maximum Gasteiger partial charge on any atom is 3.00 e. The van der Waals surface area contributed by atoms with Crippen LogP contribution in [0, 0.1) is 0 Å². The third-order valence-corrected chi connectivity index (χ3v) is 4.79. The number of fused-ring (bicyclic) bond motifs is 3. The summed E-state index contributed by atoms with van der Waals surface area (Å²) in [6, 6.07) is 26.5. The number of benzene rings is 3. The Morgan fingerprint density at radius 1 is 0.382 bits per heavy atom. The third-order valence-electron chi connectivity index (χ3n) is 4.79. The quantitative estimate of drug-likeness (QED) is 0.300. The molecule has 0 aliphatic heterocycles. The second-order valence-electron chi connectivity index (χ2n) is 6.99. The molecule has 6 nitrogen and oxygen atoms in total. The Kier molecular flexibility index (Phi) is 8.66. The Bertz CT molecular complexity index is 1330. The minimum absolute atomic E-state index is 0. The zero-order valence-corrected chi connectivity index (χ0v) is 20.4. The molecule has 0 aliphatic carbocycles. The van der Waals surface area contributed by atoms with Gasteiger partial charge in [-0.3, -0.25) is 15.0 Å². The summed E-state index contributed by atoms with van der Waals surface area (Å²) in [5, 5.41) is 36.1. The molecule has 6 rings (SSSR count). The van der Waals surface area contributed by atoms with Gasteiger partial charge in [0.1, 0.15) is 0 Å². The van der Waals surface area contributed by atoms with Gasteiger partial charge in [-0.25, -0.2) is 0 Å². The summed E-state index contributed by atoms with van der Waals surface area (Å²) in [6.07, 6.45) is 4.89. The van der Waals surface area contributed by atoms with Gasteiger partial charge in [-0.1, -0.05) is 90.0 Å². The predicted octanol–water partition coefficient (Wildman–Crippen LogP) is 3.92. The van der Waals surface area contributed by atoms with Crippen LogP contribution in [0.25, 0.3) is 32.7 Å². The molecular formula is C27H18N3O3Zr. The van der Waals surface area contributed by atoms with Gasteiger partial charge in [0.25, 0.3) is 0 Å². The first kappa shape index (κ1) is 24.8. The standard InChI is InChI=1S/3C9H7NO.Zr/c3*11-8-5-1-3-7-4-2-6-10-9(7)8;/h3*1-6,11H;/q;;;+3/p-3/i;;;1-2. The van der Waals surface area contributed by atoms with E-state index in [1.54, 1.807) is 36.8 Å². The van der Waals surface area contributed by atoms with Crippen molar-refractivity contribution in [2.45, 2.75) is 0 Å². The molecule has 0 amide bonds. The zero-order chi connectivity index (χ0) is 23.0. The first-order chi connectivity index (χ1) is 16.1. The van der Waals surface area contributed by atoms with Crippen molar-refractivity contribution in [1.29, 1.82) is 0 Å². The fourth-order valence-electron chi connectivity index (χ4n) is 3.23. The summed E-state index contributed by atoms with van der Waals surface area (Å²) in [4.78, 5) is 11.9. The Balaban J connectivity index is 0.000000141. The smallest absolute Gasteiger partial charge is 0.871 e. The summed E-state index contributed by atoms with van der Waals surface area (Å²) in [6.45, 7) is 0. The van der Waals surface area contributed by atoms with Crippen molar-refractivity contribution in [1.82, 2.24) is 15.0 Å². The SMILES string of the molecule is [89Zr+3].[O-]c1cccc2cccnc12.[O-]c1cccc2cccnc12.[O-]c1cccc2cccnc12. The zero-order valence-electron chi connectivity index (χ0n) is 18.0. The van der Waals surface area contributed by atoms with Crippen LogP contribution in [-0.2, 0) is 26.2 Å². The molecule has 0 unspecified atom stereocenters. The Morgan fingerprint density at radius 2 is 0.647 bits per heavy atom. The maximum atomic E-state index is 11.1. The largest absolute Gasteiger partial charge is 3.00 e. The summed E-state index contributed by atoms with van der Waals surface area (Å²) < 4.78 is 0. The molecule has 0 saturated carbocycles. The molecule has 0 bridgehead atoms. The van der Waals surface area contributed by atoms with Crippen LogP contribution in [0.3, 0.4) is 0 Å². The molecule has 0 saturated heterocycles. The van der Waals surface area contributed by atoms with Crippen LogP contribution in [0.5, 0.6) is 17.2 Å². The average Bonchev–Trinajstić information content (AvgIpc) is 2.86. The third kappa shape index (κ3) is 5.94. The molecule has 0 N–H and O–H groups in total. The molecule has 1 radical (unpaired) electrons. The summed E-state index contributed by atoms with van der Waals surface area (Å²) in [7, 11) is 0. The van der Waals surface area contributed by atoms with Gasteiger partial charge in [0, 0.05) is 18.6 Å². The Hall–Kier alpha value is -3.83. The van der Waals surface area contributed by atoms with Gasteiger partial charge in [-0.15, -0.1) is 0 Å². The van der Waals surface area contributed by atoms with Crippen molar-refractivity contribution in [3.63, 3.8) is 0 Å². The van der Waals surface area contributed by atoms with Gasteiger partial charge in [-0.2, -0.15) is 0 Å². The molecular weight excluding hydrogens is 503 g/mol. The van der Waals surface area contributed by atoms with E-state index in [-0.39, 0.29) is 43.5 Å². The van der Waals surface area contributed by atoms with Gasteiger partial charge in [0.05, 0.1) is 16.6 Å². The molecule has 6 aromatic rings. The number of hydrogen-bond donors (Lipinski definition) is 0. The summed E-state index contributed by atoms with van der Waals surface area (Å²) >= 11 is 0. The molecule has 3 aromatic heterocycles. The number of nitrogens with zero attached hydrogens (tertiary/aromatic N) is 3. The van der Waals surface area contributed by atoms with E-state index in [9.17, 15) is 15.3 Å². The van der Waals surface area contributed by atoms with Gasteiger partial charge in [0.15, 0.2) is 0 Å². The van der Waals surface area contributed by atoms with Gasteiger partial charge < -0.3 is 15.3 Å². The first-order valence-corrected chi connectivity index (χ1v) is 10.2. The van der Waals surface area contributed by atoms with Crippen molar-refractivity contribution >= 4 is 32.7 Å². The van der Waals surface area contributed by atoms with Crippen LogP contribution in [-0.4, -0.2) is 15.0 Å². The summed E-state index contributed by atoms with van der Waals surface area (Å²) in [5.74, 6) is -0.0331. The van der Waals surface area contributed by atoms with E-state index >= 15 is 0 Å². The van der Waals surface area contributed by atoms with Crippen molar-refractivity contribution in [3.8, 4) is 17.2 Å². The number of rotatable bonds is 0. The average molecular weight is 521 g/mol. The number of hydrogen-bond acceptors (Lipinski definition) is 6. The summed E-state index contributed by atoms with van der Waals surface area (Å²) in [5.41, 5.74) is 1.65. The molecule has 3 aromatic carbocycles. The van der Waals surface area contributed by atoms with E-state index in [0.717, 1.165) is 16.2 Å². The van der Waals surface area contributed by atoms with Crippen LogP contribution < -0.4 is 15.3 Å². The minimum Gasteiger partial charge on any atom is -0.871 e. The van der Waals surface area contributed by atoms with Crippen LogP contribution >= 0.6 is 0 Å². The van der Waals surface area contributed by atoms with Gasteiger partial charge in [-0.05, 0) is 34.4 Å². The van der Waals surface area contributed by atoms with E-state index < -0.39 is 0 Å². The Labute approximate surface area is 215 Å². The van der Waals surface area contributed by atoms with E-state index in [4.69, 9.17) is 0 Å². The molecule has 0 aliphatic rings. The van der Waals surface area contributed by atoms with Crippen LogP contribution in [0.2, 0.25) is 0 Å². The molecule has 0 fully saturated rings. The van der Waals surface area contributed by atoms with Crippen LogP contribution in [0.4, 0.5) is 0 Å². The Morgan fingerprint density at radius 3 is 0.912 bits per heavy atom. The van der Waals surface area contributed by atoms with Crippen molar-refractivity contribution in [2.24, 2.45) is 0 Å². The van der Waals surface area contributed by atoms with Crippen LogP contribution in [0.1, 0.15) is 0 Å². The van der Waals surface area contributed by atoms with Crippen molar-refractivity contribution in [2.75, 3.05) is 0 Å². The second-order valence-corrected chi connectivity index (χ2v) is 6.99. The van der Waals surface area contributed by atoms with Gasteiger partial charge >= 0.3 is 26.2 Å². The predicted molar refractivity (Wildman–Crippen MR) is 124 cm³/mol. The maximum absolute atomic E-state index is 11.1. The van der Waals surface area contributed by atoms with Crippen molar-refractivity contribution in [3.05, 3.63) is 110 Å².